The number of carbonyl (C=O) groups is 1. The van der Waals surface area contributed by atoms with Gasteiger partial charge in [-0.25, -0.2) is 4.98 Å². The Balaban J connectivity index is 1.54. The number of ketones is 1. The van der Waals surface area contributed by atoms with Gasteiger partial charge in [-0.2, -0.15) is 0 Å². The number of aryl methyl sites for hydroxylation is 1. The predicted octanol–water partition coefficient (Wildman–Crippen LogP) is 6.12. The lowest BCUT2D eigenvalue weighted by Gasteiger charge is -2.11. The Morgan fingerprint density at radius 2 is 1.90 bits per heavy atom. The zero-order valence-electron chi connectivity index (χ0n) is 16.5. The number of thiazole rings is 1. The quantitative estimate of drug-likeness (QED) is 0.399. The molecule has 4 nitrogen and oxygen atoms in total. The largest absolute Gasteiger partial charge is 0.318 e. The van der Waals surface area contributed by atoms with Crippen LogP contribution < -0.4 is 0 Å². The molecule has 3 heterocycles. The van der Waals surface area contributed by atoms with E-state index in [0.717, 1.165) is 22.6 Å². The first-order valence-electron chi connectivity index (χ1n) is 9.62. The maximum Gasteiger partial charge on any atom is 0.186 e. The van der Waals surface area contributed by atoms with Crippen LogP contribution in [0, 0.1) is 19.3 Å². The van der Waals surface area contributed by atoms with E-state index in [0.29, 0.717) is 15.0 Å². The van der Waals surface area contributed by atoms with Crippen LogP contribution in [0.15, 0.2) is 65.0 Å². The van der Waals surface area contributed by atoms with Gasteiger partial charge in [-0.1, -0.05) is 42.1 Å². The summed E-state index contributed by atoms with van der Waals surface area (Å²) >= 11 is 2.68. The Morgan fingerprint density at radius 3 is 2.67 bits per heavy atom. The smallest absolute Gasteiger partial charge is 0.186 e. The molecule has 2 aromatic heterocycles. The summed E-state index contributed by atoms with van der Waals surface area (Å²) in [5.74, 6) is -0.583. The van der Waals surface area contributed by atoms with Gasteiger partial charge in [0.1, 0.15) is 10.9 Å². The number of aromatic nitrogens is 2. The number of hydrogen-bond acceptors (Lipinski definition) is 5. The molecule has 0 aliphatic carbocycles. The van der Waals surface area contributed by atoms with Crippen molar-refractivity contribution in [3.8, 4) is 5.69 Å². The van der Waals surface area contributed by atoms with Gasteiger partial charge in [0.25, 0.3) is 0 Å². The standard InChI is InChI=1S/C24H19N3OS2/c1-14-11-18(13-20-22(28)21(23(25)30-20)24-26-9-10-29-24)15(2)27(14)19-8-7-16-5-3-4-6-17(16)12-19/h3-13,21,25H,1-2H3/b20-13-,25-23?/t21-/m0/s1. The number of Topliss-reactive ketones (excluding diaryl/α,β-unsaturated/α-hetero) is 1. The normalized spacial score (nSPS) is 18.1. The molecule has 0 spiro atoms. The Kier molecular flexibility index (Phi) is 4.68. The Morgan fingerprint density at radius 1 is 1.10 bits per heavy atom. The number of benzene rings is 2. The van der Waals surface area contributed by atoms with Crippen LogP contribution in [0.1, 0.15) is 27.9 Å². The number of nitrogens with zero attached hydrogens (tertiary/aromatic N) is 2. The van der Waals surface area contributed by atoms with Gasteiger partial charge >= 0.3 is 0 Å². The van der Waals surface area contributed by atoms with Gasteiger partial charge in [-0.15, -0.1) is 11.3 Å². The van der Waals surface area contributed by atoms with Gasteiger partial charge in [0.2, 0.25) is 0 Å². The summed E-state index contributed by atoms with van der Waals surface area (Å²) in [6, 6.07) is 16.9. The lowest BCUT2D eigenvalue weighted by molar-refractivity contribution is -0.114. The maximum absolute atomic E-state index is 13.0. The van der Waals surface area contributed by atoms with Crippen molar-refractivity contribution in [2.24, 2.45) is 0 Å². The molecular weight excluding hydrogens is 410 g/mol. The number of hydrogen-bond donors (Lipinski definition) is 1. The van der Waals surface area contributed by atoms with E-state index in [1.54, 1.807) is 6.20 Å². The van der Waals surface area contributed by atoms with Crippen LogP contribution in [-0.4, -0.2) is 20.4 Å². The van der Waals surface area contributed by atoms with E-state index in [1.165, 1.54) is 33.9 Å². The third-order valence-electron chi connectivity index (χ3n) is 5.43. The van der Waals surface area contributed by atoms with Crippen molar-refractivity contribution in [2.45, 2.75) is 19.8 Å². The molecule has 6 heteroatoms. The average molecular weight is 430 g/mol. The number of allylic oxidation sites excluding steroid dienone is 1. The molecule has 2 aromatic carbocycles. The van der Waals surface area contributed by atoms with E-state index in [-0.39, 0.29) is 5.78 Å². The second kappa shape index (κ2) is 7.38. The number of carbonyl (C=O) groups excluding carboxylic acids is 1. The highest BCUT2D eigenvalue weighted by Gasteiger charge is 2.38. The highest BCUT2D eigenvalue weighted by molar-refractivity contribution is 8.19. The molecule has 1 fully saturated rings. The molecule has 30 heavy (non-hydrogen) atoms. The molecule has 0 amide bonds. The summed E-state index contributed by atoms with van der Waals surface area (Å²) in [4.78, 5) is 17.8. The van der Waals surface area contributed by atoms with Crippen LogP contribution >= 0.6 is 23.1 Å². The monoisotopic (exact) mass is 429 g/mol. The maximum atomic E-state index is 13.0. The van der Waals surface area contributed by atoms with Crippen LogP contribution in [-0.2, 0) is 4.79 Å². The fraction of sp³-hybridized carbons (Fsp3) is 0.125. The predicted molar refractivity (Wildman–Crippen MR) is 126 cm³/mol. The van der Waals surface area contributed by atoms with Gasteiger partial charge in [0, 0.05) is 28.7 Å². The first kappa shape index (κ1) is 19.0. The van der Waals surface area contributed by atoms with Crippen molar-refractivity contribution in [2.75, 3.05) is 0 Å². The van der Waals surface area contributed by atoms with E-state index in [2.05, 4.69) is 59.8 Å². The Bertz CT molecular complexity index is 1330. The number of thioether (sulfide) groups is 1. The minimum atomic E-state index is -0.551. The van der Waals surface area contributed by atoms with Crippen molar-refractivity contribution in [3.05, 3.63) is 87.0 Å². The first-order valence-corrected chi connectivity index (χ1v) is 11.3. The van der Waals surface area contributed by atoms with Crippen LogP contribution in [0.4, 0.5) is 0 Å². The Labute approximate surface area is 182 Å². The zero-order valence-corrected chi connectivity index (χ0v) is 18.2. The van der Waals surface area contributed by atoms with Crippen LogP contribution in [0.5, 0.6) is 0 Å². The molecule has 1 saturated heterocycles. The van der Waals surface area contributed by atoms with Crippen molar-refractivity contribution in [1.82, 2.24) is 9.55 Å². The lowest BCUT2D eigenvalue weighted by Crippen LogP contribution is -2.11. The number of fused-ring (bicyclic) bond motifs is 1. The summed E-state index contributed by atoms with van der Waals surface area (Å²) in [6.45, 7) is 4.15. The molecule has 0 radical (unpaired) electrons. The van der Waals surface area contributed by atoms with E-state index >= 15 is 0 Å². The molecule has 148 valence electrons. The van der Waals surface area contributed by atoms with Gasteiger partial charge in [-0.05, 0) is 54.5 Å². The van der Waals surface area contributed by atoms with Gasteiger partial charge < -0.3 is 4.57 Å². The molecule has 1 aliphatic heterocycles. The highest BCUT2D eigenvalue weighted by atomic mass is 32.2. The van der Waals surface area contributed by atoms with Crippen molar-refractivity contribution < 1.29 is 4.79 Å². The minimum Gasteiger partial charge on any atom is -0.318 e. The zero-order chi connectivity index (χ0) is 20.8. The SMILES string of the molecule is Cc1cc(/C=C2\SC(=N)[C@@H](c3nccs3)C2=O)c(C)n1-c1ccc2ccccc2c1. The summed E-state index contributed by atoms with van der Waals surface area (Å²) in [5, 5.41) is 13.6. The van der Waals surface area contributed by atoms with E-state index in [1.807, 2.05) is 23.6 Å². The van der Waals surface area contributed by atoms with Crippen molar-refractivity contribution >= 4 is 50.8 Å². The van der Waals surface area contributed by atoms with Crippen molar-refractivity contribution in [1.29, 1.82) is 5.41 Å². The molecule has 0 unspecified atom stereocenters. The molecule has 1 aliphatic rings. The van der Waals surface area contributed by atoms with Gasteiger partial charge in [0.05, 0.1) is 9.95 Å². The summed E-state index contributed by atoms with van der Waals surface area (Å²) in [5.41, 5.74) is 4.29. The fourth-order valence-electron chi connectivity index (χ4n) is 3.98. The molecule has 1 N–H and O–H groups in total. The fourth-order valence-corrected chi connectivity index (χ4v) is 5.78. The molecular formula is C24H19N3OS2. The minimum absolute atomic E-state index is 0.0320. The lowest BCUT2D eigenvalue weighted by atomic mass is 10.1. The topological polar surface area (TPSA) is 58.7 Å². The van der Waals surface area contributed by atoms with Crippen LogP contribution in [0.25, 0.3) is 22.5 Å². The average Bonchev–Trinajstić information content (AvgIpc) is 3.42. The second-order valence-electron chi connectivity index (χ2n) is 7.34. The molecule has 0 saturated carbocycles. The number of nitrogens with one attached hydrogen (secondary N) is 1. The van der Waals surface area contributed by atoms with E-state index in [4.69, 9.17) is 5.41 Å². The van der Waals surface area contributed by atoms with E-state index < -0.39 is 5.92 Å². The number of rotatable bonds is 3. The summed E-state index contributed by atoms with van der Waals surface area (Å²) < 4.78 is 2.21. The van der Waals surface area contributed by atoms with Crippen LogP contribution in [0.2, 0.25) is 0 Å². The first-order chi connectivity index (χ1) is 14.5. The van der Waals surface area contributed by atoms with Gasteiger partial charge in [0.15, 0.2) is 5.78 Å². The Hall–Kier alpha value is -2.96. The van der Waals surface area contributed by atoms with E-state index in [9.17, 15) is 4.79 Å². The highest BCUT2D eigenvalue weighted by Crippen LogP contribution is 2.41. The summed E-state index contributed by atoms with van der Waals surface area (Å²) in [6.07, 6.45) is 3.61. The third kappa shape index (κ3) is 3.13. The molecule has 4 aromatic rings. The second-order valence-corrected chi connectivity index (χ2v) is 9.35. The van der Waals surface area contributed by atoms with Gasteiger partial charge in [-0.3, -0.25) is 10.2 Å². The molecule has 1 atom stereocenters. The molecule has 0 bridgehead atoms. The molecule has 5 rings (SSSR count). The van der Waals surface area contributed by atoms with Crippen LogP contribution in [0.3, 0.4) is 0 Å². The third-order valence-corrected chi connectivity index (χ3v) is 7.27. The summed E-state index contributed by atoms with van der Waals surface area (Å²) in [7, 11) is 0. The van der Waals surface area contributed by atoms with Crippen molar-refractivity contribution in [3.63, 3.8) is 0 Å².